The fourth-order valence-electron chi connectivity index (χ4n) is 4.89. The summed E-state index contributed by atoms with van der Waals surface area (Å²) in [6.07, 6.45) is 0. The molecule has 0 aliphatic rings. The summed E-state index contributed by atoms with van der Waals surface area (Å²) in [4.78, 5) is 14.0. The van der Waals surface area contributed by atoms with E-state index in [-0.39, 0.29) is 0 Å². The van der Waals surface area contributed by atoms with Crippen molar-refractivity contribution in [2.75, 3.05) is 0 Å². The lowest BCUT2D eigenvalue weighted by Crippen LogP contribution is -1.91. The lowest BCUT2D eigenvalue weighted by Gasteiger charge is -2.20. The average Bonchev–Trinajstić information content (AvgIpc) is 2.73. The number of rotatable bonds is 0. The van der Waals surface area contributed by atoms with Gasteiger partial charge in [-0.1, -0.05) is 72.8 Å². The molecule has 2 nitrogen and oxygen atoms in total. The van der Waals surface area contributed by atoms with Crippen LogP contribution in [0, 0.1) is 9.93 Å². The third kappa shape index (κ3) is 1.40. The Hall–Kier alpha value is -3.52. The van der Waals surface area contributed by atoms with Crippen molar-refractivity contribution in [2.45, 2.75) is 0 Å². The van der Waals surface area contributed by atoms with E-state index in [1.807, 2.05) is 0 Å². The molecule has 120 valence electrons. The Labute approximate surface area is 147 Å². The van der Waals surface area contributed by atoms with Crippen molar-refractivity contribution >= 4 is 64.6 Å². The minimum Gasteiger partial charge on any atom is -0.0537 e. The second-order valence-electron chi connectivity index (χ2n) is 6.98. The van der Waals surface area contributed by atoms with Crippen molar-refractivity contribution in [3.8, 4) is 0 Å². The Bertz CT molecular complexity index is 1170. The monoisotopic (exact) mass is 332 g/mol. The minimum atomic E-state index is 1.35. The van der Waals surface area contributed by atoms with Crippen LogP contribution in [0.25, 0.3) is 64.6 Å². The molecule has 7 aromatic rings. The van der Waals surface area contributed by atoms with Gasteiger partial charge in [0.05, 0.1) is 0 Å². The zero-order valence-corrected chi connectivity index (χ0v) is 13.7. The quantitative estimate of drug-likeness (QED) is 0.222. The molecule has 0 aliphatic heterocycles. The Balaban J connectivity index is 0.000000666. The van der Waals surface area contributed by atoms with Gasteiger partial charge in [-0.3, -0.25) is 0 Å². The van der Waals surface area contributed by atoms with E-state index >= 15 is 0 Å². The van der Waals surface area contributed by atoms with E-state index in [0.29, 0.717) is 0 Å². The maximum atomic E-state index is 7.00. The highest BCUT2D eigenvalue weighted by Crippen LogP contribution is 2.47. The second kappa shape index (κ2) is 4.55. The molecule has 0 fully saturated rings. The summed E-state index contributed by atoms with van der Waals surface area (Å²) >= 11 is 0. The smallest absolute Gasteiger partial charge is 0 e. The number of benzene rings is 7. The third-order valence-electron chi connectivity index (χ3n) is 5.89. The van der Waals surface area contributed by atoms with Gasteiger partial charge in [-0.05, 0) is 64.6 Å². The molecule has 2 heteroatoms. The van der Waals surface area contributed by atoms with Crippen LogP contribution in [-0.4, -0.2) is 0 Å². The first-order chi connectivity index (χ1) is 12.9. The van der Waals surface area contributed by atoms with Gasteiger partial charge in [0, 0.05) is 9.93 Å². The first kappa shape index (κ1) is 13.7. The molecule has 0 saturated heterocycles. The van der Waals surface area contributed by atoms with E-state index in [4.69, 9.17) is 9.93 Å². The molecule has 0 heterocycles. The molecule has 0 unspecified atom stereocenters. The first-order valence-corrected chi connectivity index (χ1v) is 8.63. The largest absolute Gasteiger partial charge is 0.0537 e. The summed E-state index contributed by atoms with van der Waals surface area (Å²) in [5.41, 5.74) is 0. The van der Waals surface area contributed by atoms with E-state index in [1.165, 1.54) is 64.6 Å². The van der Waals surface area contributed by atoms with Gasteiger partial charge in [0.25, 0.3) is 0 Å². The minimum absolute atomic E-state index is 1.35. The van der Waals surface area contributed by atoms with Crippen molar-refractivity contribution in [1.82, 2.24) is 0 Å². The maximum absolute atomic E-state index is 7.00. The normalized spacial score (nSPS) is 12.2. The van der Waals surface area contributed by atoms with E-state index in [1.54, 1.807) is 0 Å². The zero-order valence-electron chi connectivity index (χ0n) is 13.7. The molecule has 0 aromatic heterocycles. The van der Waals surface area contributed by atoms with Crippen molar-refractivity contribution < 1.29 is 0 Å². The molecule has 0 aliphatic carbocycles. The Morgan fingerprint density at radius 1 is 0.269 bits per heavy atom. The van der Waals surface area contributed by atoms with Gasteiger partial charge in [0.1, 0.15) is 0 Å². The topological polar surface area (TPSA) is 34.1 Å². The summed E-state index contributed by atoms with van der Waals surface area (Å²) < 4.78 is 0. The van der Waals surface area contributed by atoms with Crippen LogP contribution >= 0.6 is 0 Å². The van der Waals surface area contributed by atoms with E-state index in [0.717, 1.165) is 0 Å². The van der Waals surface area contributed by atoms with Crippen molar-refractivity contribution in [3.63, 3.8) is 0 Å². The maximum Gasteiger partial charge on any atom is 0 e. The molecule has 0 amide bonds. The van der Waals surface area contributed by atoms with Gasteiger partial charge in [-0.2, -0.15) is 0 Å². The van der Waals surface area contributed by atoms with E-state index in [9.17, 15) is 0 Å². The summed E-state index contributed by atoms with van der Waals surface area (Å²) in [6.45, 7) is 0. The molecule has 0 bridgehead atoms. The lowest BCUT2D eigenvalue weighted by atomic mass is 9.83. The predicted molar refractivity (Wildman–Crippen MR) is 112 cm³/mol. The standard InChI is InChI=1S/C24H12.O2/c1-2-14-5-6-16-9-11-18-12-10-17-8-7-15-4-3-13(1)19-20(14)22(16)24(18)23(17)21(15)19;1-2/h1-12H;. The van der Waals surface area contributed by atoms with Gasteiger partial charge in [0.2, 0.25) is 0 Å². The number of hydrogen-bond acceptors (Lipinski definition) is 2. The van der Waals surface area contributed by atoms with Crippen molar-refractivity contribution in [3.05, 3.63) is 82.7 Å². The Morgan fingerprint density at radius 3 is 0.500 bits per heavy atom. The Morgan fingerprint density at radius 2 is 0.385 bits per heavy atom. The van der Waals surface area contributed by atoms with Crippen LogP contribution in [0.2, 0.25) is 0 Å². The van der Waals surface area contributed by atoms with Crippen LogP contribution in [0.1, 0.15) is 0 Å². The second-order valence-corrected chi connectivity index (χ2v) is 6.98. The molecule has 7 aromatic carbocycles. The first-order valence-electron chi connectivity index (χ1n) is 8.63. The van der Waals surface area contributed by atoms with Crippen molar-refractivity contribution in [2.24, 2.45) is 0 Å². The van der Waals surface area contributed by atoms with Crippen LogP contribution in [-0.2, 0) is 0 Å². The highest BCUT2D eigenvalue weighted by atomic mass is 16.7. The van der Waals surface area contributed by atoms with Gasteiger partial charge in [-0.15, -0.1) is 0 Å². The van der Waals surface area contributed by atoms with Gasteiger partial charge in [0.15, 0.2) is 0 Å². The van der Waals surface area contributed by atoms with Gasteiger partial charge >= 0.3 is 0 Å². The van der Waals surface area contributed by atoms with Gasteiger partial charge < -0.3 is 0 Å². The van der Waals surface area contributed by atoms with Crippen molar-refractivity contribution in [1.29, 1.82) is 0 Å². The molecule has 26 heavy (non-hydrogen) atoms. The summed E-state index contributed by atoms with van der Waals surface area (Å²) in [5.74, 6) is 0. The van der Waals surface area contributed by atoms with Crippen LogP contribution < -0.4 is 0 Å². The molecular formula is C24H12O2. The van der Waals surface area contributed by atoms with Crippen LogP contribution in [0.3, 0.4) is 0 Å². The summed E-state index contributed by atoms with van der Waals surface area (Å²) in [7, 11) is 0. The van der Waals surface area contributed by atoms with Crippen LogP contribution in [0.5, 0.6) is 0 Å². The molecule has 0 spiro atoms. The molecule has 0 atom stereocenters. The third-order valence-corrected chi connectivity index (χ3v) is 5.89. The fourth-order valence-corrected chi connectivity index (χ4v) is 4.89. The molecule has 0 N–H and O–H groups in total. The van der Waals surface area contributed by atoms with Crippen LogP contribution in [0.15, 0.2) is 72.8 Å². The molecule has 7 rings (SSSR count). The van der Waals surface area contributed by atoms with E-state index in [2.05, 4.69) is 72.8 Å². The molecule has 0 saturated carbocycles. The van der Waals surface area contributed by atoms with Gasteiger partial charge in [-0.25, -0.2) is 0 Å². The highest BCUT2D eigenvalue weighted by Gasteiger charge is 2.19. The predicted octanol–water partition coefficient (Wildman–Crippen LogP) is 6.99. The SMILES string of the molecule is O=O.c1cc2ccc3ccc4ccc5ccc6ccc1c1c2c3c4c5c61. The van der Waals surface area contributed by atoms with Crippen LogP contribution in [0.4, 0.5) is 0 Å². The van der Waals surface area contributed by atoms with E-state index < -0.39 is 0 Å². The Kier molecular flexibility index (Phi) is 2.41. The zero-order chi connectivity index (χ0) is 17.4. The highest BCUT2D eigenvalue weighted by molar-refractivity contribution is 6.44. The molecule has 0 radical (unpaired) electrons. The summed E-state index contributed by atoms with van der Waals surface area (Å²) in [5, 5.41) is 16.7. The summed E-state index contributed by atoms with van der Waals surface area (Å²) in [6, 6.07) is 27.3. The number of hydrogen-bond donors (Lipinski definition) is 0. The lowest BCUT2D eigenvalue weighted by molar-refractivity contribution is 1.80. The fraction of sp³-hybridized carbons (Fsp3) is 0. The average molecular weight is 332 g/mol. The molecular weight excluding hydrogens is 320 g/mol.